The zero-order valence-corrected chi connectivity index (χ0v) is 16.3. The second-order valence-electron chi connectivity index (χ2n) is 7.27. The fourth-order valence-corrected chi connectivity index (χ4v) is 3.88. The summed E-state index contributed by atoms with van der Waals surface area (Å²) in [5.41, 5.74) is 5.31. The van der Waals surface area contributed by atoms with Gasteiger partial charge in [-0.15, -0.1) is 0 Å². The first kappa shape index (κ1) is 18.4. The maximum absolute atomic E-state index is 7.77. The number of benzene rings is 2. The Labute approximate surface area is 166 Å². The Morgan fingerprint density at radius 2 is 1.96 bits per heavy atom. The lowest BCUT2D eigenvalue weighted by Gasteiger charge is -2.25. The first-order valence-corrected chi connectivity index (χ1v) is 10.0. The van der Waals surface area contributed by atoms with Gasteiger partial charge in [-0.1, -0.05) is 6.07 Å². The van der Waals surface area contributed by atoms with E-state index in [2.05, 4.69) is 64.3 Å². The molecule has 28 heavy (non-hydrogen) atoms. The summed E-state index contributed by atoms with van der Waals surface area (Å²) in [7, 11) is 0. The Morgan fingerprint density at radius 1 is 1.11 bits per heavy atom. The smallest absolute Gasteiger partial charge is 0.0443 e. The van der Waals surface area contributed by atoms with E-state index in [9.17, 15) is 0 Å². The van der Waals surface area contributed by atoms with E-state index in [4.69, 9.17) is 5.41 Å². The van der Waals surface area contributed by atoms with Crippen LogP contribution in [0.25, 0.3) is 21.9 Å². The molecule has 1 aromatic heterocycles. The molecule has 1 aliphatic heterocycles. The summed E-state index contributed by atoms with van der Waals surface area (Å²) >= 11 is 0. The van der Waals surface area contributed by atoms with Gasteiger partial charge in [0.15, 0.2) is 0 Å². The van der Waals surface area contributed by atoms with Gasteiger partial charge in [0, 0.05) is 53.5 Å². The van der Waals surface area contributed by atoms with Crippen molar-refractivity contribution in [2.75, 3.05) is 30.3 Å². The molecule has 4 N–H and O–H groups in total. The Kier molecular flexibility index (Phi) is 5.53. The minimum atomic E-state index is 0.480. The molecule has 144 valence electrons. The molecule has 0 radical (unpaired) electrons. The van der Waals surface area contributed by atoms with Crippen molar-refractivity contribution in [3.8, 4) is 11.1 Å². The fraction of sp³-hybridized carbons (Fsp3) is 0.304. The molecule has 1 fully saturated rings. The number of hydrogen-bond donors (Lipinski definition) is 4. The predicted molar refractivity (Wildman–Crippen MR) is 119 cm³/mol. The molecule has 0 saturated carbocycles. The van der Waals surface area contributed by atoms with Crippen LogP contribution >= 0.6 is 0 Å². The minimum absolute atomic E-state index is 0.480. The third kappa shape index (κ3) is 3.85. The van der Waals surface area contributed by atoms with Gasteiger partial charge in [-0.2, -0.15) is 0 Å². The molecule has 4 rings (SSSR count). The van der Waals surface area contributed by atoms with Gasteiger partial charge < -0.3 is 21.4 Å². The molecule has 2 aromatic carbocycles. The number of aromatic nitrogens is 1. The summed E-state index contributed by atoms with van der Waals surface area (Å²) in [6, 6.07) is 13.3. The van der Waals surface area contributed by atoms with Crippen LogP contribution in [-0.4, -0.2) is 36.9 Å². The van der Waals surface area contributed by atoms with Crippen molar-refractivity contribution in [1.29, 1.82) is 5.41 Å². The molecule has 0 bridgehead atoms. The highest BCUT2D eigenvalue weighted by atomic mass is 15.0. The van der Waals surface area contributed by atoms with Gasteiger partial charge in [-0.05, 0) is 79.7 Å². The van der Waals surface area contributed by atoms with Crippen LogP contribution in [0.1, 0.15) is 25.3 Å². The van der Waals surface area contributed by atoms with Crippen LogP contribution in [0.4, 0.5) is 11.4 Å². The Morgan fingerprint density at radius 3 is 2.75 bits per heavy atom. The van der Waals surface area contributed by atoms with E-state index in [1.807, 2.05) is 12.4 Å². The number of nitrogens with zero attached hydrogens (tertiary/aromatic N) is 1. The molecule has 2 heterocycles. The molecule has 5 nitrogen and oxygen atoms in total. The van der Waals surface area contributed by atoms with Crippen LogP contribution in [0.15, 0.2) is 48.8 Å². The van der Waals surface area contributed by atoms with Crippen LogP contribution in [0.5, 0.6) is 0 Å². The third-order valence-electron chi connectivity index (χ3n) is 5.36. The normalized spacial score (nSPS) is 14.8. The lowest BCUT2D eigenvalue weighted by molar-refractivity contribution is 0.479. The first-order valence-electron chi connectivity index (χ1n) is 10.0. The molecule has 0 amide bonds. The number of pyridine rings is 1. The van der Waals surface area contributed by atoms with Gasteiger partial charge in [0.25, 0.3) is 0 Å². The van der Waals surface area contributed by atoms with Gasteiger partial charge in [0.2, 0.25) is 0 Å². The summed E-state index contributed by atoms with van der Waals surface area (Å²) < 4.78 is 0. The zero-order chi connectivity index (χ0) is 19.3. The number of nitrogens with one attached hydrogen (secondary N) is 4. The SMILES string of the molecule is CCNc1ccc(-c2cc(NC3CCNCC3)c3cnccc3c2)cc1C=N. The van der Waals surface area contributed by atoms with E-state index >= 15 is 0 Å². The van der Waals surface area contributed by atoms with Crippen molar-refractivity contribution in [1.82, 2.24) is 10.3 Å². The van der Waals surface area contributed by atoms with Crippen molar-refractivity contribution >= 4 is 28.4 Å². The summed E-state index contributed by atoms with van der Waals surface area (Å²) in [5.74, 6) is 0. The molecule has 1 saturated heterocycles. The molecule has 0 atom stereocenters. The number of fused-ring (bicyclic) bond motifs is 1. The largest absolute Gasteiger partial charge is 0.385 e. The Hall–Kier alpha value is -2.92. The zero-order valence-electron chi connectivity index (χ0n) is 16.3. The molecular formula is C23H27N5. The maximum atomic E-state index is 7.77. The van der Waals surface area contributed by atoms with Gasteiger partial charge in [-0.25, -0.2) is 0 Å². The lowest BCUT2D eigenvalue weighted by atomic mass is 9.97. The maximum Gasteiger partial charge on any atom is 0.0443 e. The quantitative estimate of drug-likeness (QED) is 0.480. The summed E-state index contributed by atoms with van der Waals surface area (Å²) in [5, 5.41) is 20.6. The van der Waals surface area contributed by atoms with Crippen LogP contribution in [-0.2, 0) is 0 Å². The van der Waals surface area contributed by atoms with Crippen LogP contribution in [0, 0.1) is 5.41 Å². The predicted octanol–water partition coefficient (Wildman–Crippen LogP) is 4.50. The average Bonchev–Trinajstić information content (AvgIpc) is 2.75. The second kappa shape index (κ2) is 8.40. The van der Waals surface area contributed by atoms with Crippen LogP contribution < -0.4 is 16.0 Å². The van der Waals surface area contributed by atoms with E-state index in [-0.39, 0.29) is 0 Å². The van der Waals surface area contributed by atoms with E-state index < -0.39 is 0 Å². The summed E-state index contributed by atoms with van der Waals surface area (Å²) in [6.45, 7) is 5.02. The van der Waals surface area contributed by atoms with Gasteiger partial charge >= 0.3 is 0 Å². The van der Waals surface area contributed by atoms with Crippen molar-refractivity contribution in [3.63, 3.8) is 0 Å². The van der Waals surface area contributed by atoms with Crippen molar-refractivity contribution in [2.24, 2.45) is 0 Å². The fourth-order valence-electron chi connectivity index (χ4n) is 3.88. The van der Waals surface area contributed by atoms with Crippen molar-refractivity contribution in [3.05, 3.63) is 54.4 Å². The summed E-state index contributed by atoms with van der Waals surface area (Å²) in [6.07, 6.45) is 7.46. The number of piperidine rings is 1. The second-order valence-corrected chi connectivity index (χ2v) is 7.27. The Bertz CT molecular complexity index is 976. The third-order valence-corrected chi connectivity index (χ3v) is 5.36. The molecule has 3 aromatic rings. The van der Waals surface area contributed by atoms with Crippen molar-refractivity contribution in [2.45, 2.75) is 25.8 Å². The number of rotatable bonds is 6. The Balaban J connectivity index is 1.76. The highest BCUT2D eigenvalue weighted by Gasteiger charge is 2.15. The highest BCUT2D eigenvalue weighted by molar-refractivity contribution is 5.98. The van der Waals surface area contributed by atoms with Crippen LogP contribution in [0.3, 0.4) is 0 Å². The highest BCUT2D eigenvalue weighted by Crippen LogP contribution is 2.33. The van der Waals surface area contributed by atoms with Gasteiger partial charge in [-0.3, -0.25) is 4.98 Å². The first-order chi connectivity index (χ1) is 13.8. The molecule has 0 spiro atoms. The average molecular weight is 374 g/mol. The van der Waals surface area contributed by atoms with Gasteiger partial charge in [0.05, 0.1) is 0 Å². The van der Waals surface area contributed by atoms with Crippen molar-refractivity contribution < 1.29 is 0 Å². The lowest BCUT2D eigenvalue weighted by Crippen LogP contribution is -2.35. The molecular weight excluding hydrogens is 346 g/mol. The number of anilines is 2. The molecule has 0 unspecified atom stereocenters. The molecule has 1 aliphatic rings. The van der Waals surface area contributed by atoms with E-state index in [1.54, 1.807) is 0 Å². The molecule has 0 aliphatic carbocycles. The van der Waals surface area contributed by atoms with E-state index in [0.29, 0.717) is 6.04 Å². The number of hydrogen-bond acceptors (Lipinski definition) is 5. The van der Waals surface area contributed by atoms with E-state index in [1.165, 1.54) is 11.6 Å². The van der Waals surface area contributed by atoms with Gasteiger partial charge in [0.1, 0.15) is 0 Å². The monoisotopic (exact) mass is 373 g/mol. The van der Waals surface area contributed by atoms with E-state index in [0.717, 1.165) is 65.9 Å². The standard InChI is InChI=1S/C23H27N5/c1-2-27-22-4-3-16(11-19(22)14-24)18-12-17-5-8-26-15-21(17)23(13-18)28-20-6-9-25-10-7-20/h3-5,8,11-15,20,24-25,27-28H,2,6-7,9-10H2,1H3. The summed E-state index contributed by atoms with van der Waals surface area (Å²) in [4.78, 5) is 4.34. The van der Waals surface area contributed by atoms with Crippen LogP contribution in [0.2, 0.25) is 0 Å². The molecule has 5 heteroatoms. The minimum Gasteiger partial charge on any atom is -0.385 e. The topological polar surface area (TPSA) is 72.8 Å².